The summed E-state index contributed by atoms with van der Waals surface area (Å²) in [5.74, 6) is 1.77. The molecule has 1 aliphatic heterocycles. The fourth-order valence-corrected chi connectivity index (χ4v) is 3.04. The van der Waals surface area contributed by atoms with E-state index in [1.165, 1.54) is 19.2 Å². The summed E-state index contributed by atoms with van der Waals surface area (Å²) in [6.45, 7) is 2.95. The molecular weight excluding hydrogens is 280 g/mol. The summed E-state index contributed by atoms with van der Waals surface area (Å²) >= 11 is 0. The highest BCUT2D eigenvalue weighted by Crippen LogP contribution is 2.26. The Balaban J connectivity index is 1.55. The topological polar surface area (TPSA) is 82.9 Å². The van der Waals surface area contributed by atoms with Crippen molar-refractivity contribution in [2.24, 2.45) is 0 Å². The van der Waals surface area contributed by atoms with E-state index in [0.717, 1.165) is 36.7 Å². The Hall–Kier alpha value is -2.41. The van der Waals surface area contributed by atoms with E-state index in [4.69, 9.17) is 4.42 Å². The lowest BCUT2D eigenvalue weighted by molar-refractivity contribution is 0.225. The third-order valence-corrected chi connectivity index (χ3v) is 4.14. The van der Waals surface area contributed by atoms with Gasteiger partial charge >= 0.3 is 0 Å². The summed E-state index contributed by atoms with van der Waals surface area (Å²) in [5, 5.41) is 3.42. The fraction of sp³-hybridized carbons (Fsp3) is 0.400. The van der Waals surface area contributed by atoms with E-state index in [0.29, 0.717) is 5.65 Å². The molecule has 22 heavy (non-hydrogen) atoms. The lowest BCUT2D eigenvalue weighted by Crippen LogP contribution is -2.31. The SMILES string of the molecule is c1coc([C@H](CNc2ncnc3nc[nH]c23)N2CCCC2)c1. The van der Waals surface area contributed by atoms with Gasteiger partial charge in [-0.1, -0.05) is 0 Å². The number of aromatic amines is 1. The minimum absolute atomic E-state index is 0.213. The molecule has 7 nitrogen and oxygen atoms in total. The van der Waals surface area contributed by atoms with Crippen LogP contribution in [0.3, 0.4) is 0 Å². The van der Waals surface area contributed by atoms with Gasteiger partial charge in [-0.2, -0.15) is 0 Å². The molecular formula is C15H18N6O. The number of anilines is 1. The number of H-pyrrole nitrogens is 1. The van der Waals surface area contributed by atoms with Gasteiger partial charge in [0.2, 0.25) is 0 Å². The Kier molecular flexibility index (Phi) is 3.48. The van der Waals surface area contributed by atoms with Crippen LogP contribution < -0.4 is 5.32 Å². The molecule has 0 unspecified atom stereocenters. The van der Waals surface area contributed by atoms with Crippen LogP contribution in [0.25, 0.3) is 11.2 Å². The first kappa shape index (κ1) is 13.3. The van der Waals surface area contributed by atoms with Crippen molar-refractivity contribution in [1.29, 1.82) is 0 Å². The van der Waals surface area contributed by atoms with Gasteiger partial charge in [-0.25, -0.2) is 15.0 Å². The molecule has 2 N–H and O–H groups in total. The number of rotatable bonds is 5. The Morgan fingerprint density at radius 1 is 1.27 bits per heavy atom. The highest BCUT2D eigenvalue weighted by molar-refractivity contribution is 5.81. The predicted molar refractivity (Wildman–Crippen MR) is 82.4 cm³/mol. The number of imidazole rings is 1. The molecule has 1 saturated heterocycles. The lowest BCUT2D eigenvalue weighted by atomic mass is 10.2. The summed E-state index contributed by atoms with van der Waals surface area (Å²) in [6.07, 6.45) is 7.39. The first-order chi connectivity index (χ1) is 10.9. The average Bonchev–Trinajstić information content (AvgIpc) is 3.30. The molecule has 0 aromatic carbocycles. The molecule has 7 heteroatoms. The van der Waals surface area contributed by atoms with Crippen LogP contribution in [0, 0.1) is 0 Å². The van der Waals surface area contributed by atoms with Crippen LogP contribution in [0.1, 0.15) is 24.6 Å². The highest BCUT2D eigenvalue weighted by Gasteiger charge is 2.25. The summed E-state index contributed by atoms with van der Waals surface area (Å²) in [5.41, 5.74) is 1.51. The monoisotopic (exact) mass is 298 g/mol. The maximum Gasteiger partial charge on any atom is 0.182 e. The molecule has 0 bridgehead atoms. The zero-order chi connectivity index (χ0) is 14.8. The molecule has 1 aliphatic rings. The van der Waals surface area contributed by atoms with Crippen molar-refractivity contribution in [3.8, 4) is 0 Å². The van der Waals surface area contributed by atoms with Crippen LogP contribution in [-0.4, -0.2) is 44.5 Å². The molecule has 0 aliphatic carbocycles. The minimum atomic E-state index is 0.213. The summed E-state index contributed by atoms with van der Waals surface area (Å²) in [7, 11) is 0. The quantitative estimate of drug-likeness (QED) is 0.751. The van der Waals surface area contributed by atoms with Gasteiger partial charge in [0, 0.05) is 6.54 Å². The molecule has 0 saturated carbocycles. The van der Waals surface area contributed by atoms with Crippen molar-refractivity contribution in [2.45, 2.75) is 18.9 Å². The van der Waals surface area contributed by atoms with Gasteiger partial charge < -0.3 is 14.7 Å². The normalized spacial score (nSPS) is 17.1. The summed E-state index contributed by atoms with van der Waals surface area (Å²) < 4.78 is 5.63. The van der Waals surface area contributed by atoms with Gasteiger partial charge in [0.15, 0.2) is 11.5 Å². The molecule has 3 aromatic heterocycles. The third-order valence-electron chi connectivity index (χ3n) is 4.14. The molecule has 4 rings (SSSR count). The molecule has 0 spiro atoms. The standard InChI is InChI=1S/C15H18N6O/c1-2-6-21(5-1)11(12-4-3-7-22-12)8-16-14-13-15(18-9-17-13)20-10-19-14/h3-4,7,9-11H,1-2,5-6,8H2,(H2,16,17,18,19,20)/t11-/m0/s1. The predicted octanol–water partition coefficient (Wildman–Crippen LogP) is 2.19. The first-order valence-electron chi connectivity index (χ1n) is 7.57. The number of furan rings is 1. The Bertz CT molecular complexity index is 731. The van der Waals surface area contributed by atoms with Crippen molar-refractivity contribution in [3.05, 3.63) is 36.8 Å². The molecule has 114 valence electrons. The maximum absolute atomic E-state index is 5.63. The van der Waals surface area contributed by atoms with E-state index in [1.807, 2.05) is 12.1 Å². The van der Waals surface area contributed by atoms with Gasteiger partial charge in [0.05, 0.1) is 18.6 Å². The Morgan fingerprint density at radius 3 is 3.00 bits per heavy atom. The zero-order valence-corrected chi connectivity index (χ0v) is 12.2. The van der Waals surface area contributed by atoms with Crippen molar-refractivity contribution < 1.29 is 4.42 Å². The largest absolute Gasteiger partial charge is 0.468 e. The van der Waals surface area contributed by atoms with Crippen LogP contribution in [0.4, 0.5) is 5.82 Å². The number of nitrogens with zero attached hydrogens (tertiary/aromatic N) is 4. The molecule has 1 fully saturated rings. The maximum atomic E-state index is 5.63. The lowest BCUT2D eigenvalue weighted by Gasteiger charge is -2.26. The van der Waals surface area contributed by atoms with Gasteiger partial charge in [-0.15, -0.1) is 0 Å². The van der Waals surface area contributed by atoms with Crippen molar-refractivity contribution in [1.82, 2.24) is 24.8 Å². The number of hydrogen-bond donors (Lipinski definition) is 2. The van der Waals surface area contributed by atoms with Gasteiger partial charge in [0.25, 0.3) is 0 Å². The molecule has 0 radical (unpaired) electrons. The Labute approximate surface area is 127 Å². The van der Waals surface area contributed by atoms with Crippen molar-refractivity contribution in [2.75, 3.05) is 25.0 Å². The average molecular weight is 298 g/mol. The zero-order valence-electron chi connectivity index (χ0n) is 12.2. The first-order valence-corrected chi connectivity index (χ1v) is 7.57. The fourth-order valence-electron chi connectivity index (χ4n) is 3.04. The van der Waals surface area contributed by atoms with Crippen LogP contribution >= 0.6 is 0 Å². The van der Waals surface area contributed by atoms with Crippen molar-refractivity contribution >= 4 is 17.0 Å². The number of aromatic nitrogens is 4. The third kappa shape index (κ3) is 2.43. The van der Waals surface area contributed by atoms with Crippen molar-refractivity contribution in [3.63, 3.8) is 0 Å². The van der Waals surface area contributed by atoms with E-state index < -0.39 is 0 Å². The van der Waals surface area contributed by atoms with Gasteiger partial charge in [-0.05, 0) is 38.1 Å². The smallest absolute Gasteiger partial charge is 0.182 e. The van der Waals surface area contributed by atoms with E-state index in [1.54, 1.807) is 12.6 Å². The number of nitrogens with one attached hydrogen (secondary N) is 2. The van der Waals surface area contributed by atoms with Gasteiger partial charge in [-0.3, -0.25) is 4.90 Å². The van der Waals surface area contributed by atoms with Crippen LogP contribution in [0.15, 0.2) is 35.5 Å². The number of likely N-dealkylation sites (tertiary alicyclic amines) is 1. The second kappa shape index (κ2) is 5.76. The summed E-state index contributed by atoms with van der Waals surface area (Å²) in [6, 6.07) is 4.19. The van der Waals surface area contributed by atoms with E-state index in [-0.39, 0.29) is 6.04 Å². The molecule has 0 amide bonds. The second-order valence-electron chi connectivity index (χ2n) is 5.48. The number of hydrogen-bond acceptors (Lipinski definition) is 6. The van der Waals surface area contributed by atoms with Crippen LogP contribution in [0.2, 0.25) is 0 Å². The highest BCUT2D eigenvalue weighted by atomic mass is 16.3. The van der Waals surface area contributed by atoms with Gasteiger partial charge in [0.1, 0.15) is 17.6 Å². The Morgan fingerprint density at radius 2 is 2.18 bits per heavy atom. The molecule has 4 heterocycles. The van der Waals surface area contributed by atoms with Crippen LogP contribution in [0.5, 0.6) is 0 Å². The second-order valence-corrected chi connectivity index (χ2v) is 5.48. The van der Waals surface area contributed by atoms with Crippen LogP contribution in [-0.2, 0) is 0 Å². The van der Waals surface area contributed by atoms with E-state index >= 15 is 0 Å². The molecule has 3 aromatic rings. The minimum Gasteiger partial charge on any atom is -0.468 e. The van der Waals surface area contributed by atoms with E-state index in [9.17, 15) is 0 Å². The molecule has 1 atom stereocenters. The van der Waals surface area contributed by atoms with E-state index in [2.05, 4.69) is 30.2 Å². The summed E-state index contributed by atoms with van der Waals surface area (Å²) in [4.78, 5) is 18.1. The number of fused-ring (bicyclic) bond motifs is 1.